The molecule has 0 bridgehead atoms. The highest BCUT2D eigenvalue weighted by atomic mass is 35.5. The van der Waals surface area contributed by atoms with E-state index in [2.05, 4.69) is 10.3 Å². The van der Waals surface area contributed by atoms with Crippen LogP contribution in [0.2, 0.25) is 5.15 Å². The van der Waals surface area contributed by atoms with Gasteiger partial charge in [-0.25, -0.2) is 17.7 Å². The molecule has 1 heterocycles. The van der Waals surface area contributed by atoms with Crippen molar-refractivity contribution < 1.29 is 17.9 Å². The number of sulfonamides is 1. The van der Waals surface area contributed by atoms with Crippen molar-refractivity contribution in [1.29, 1.82) is 0 Å². The molecule has 0 aliphatic heterocycles. The third-order valence-corrected chi connectivity index (χ3v) is 5.31. The Balaban J connectivity index is 2.45. The lowest BCUT2D eigenvalue weighted by Crippen LogP contribution is -2.23. The van der Waals surface area contributed by atoms with Crippen molar-refractivity contribution in [2.24, 2.45) is 0 Å². The van der Waals surface area contributed by atoms with E-state index in [9.17, 15) is 13.2 Å². The standard InChI is InChI=1S/C15H16ClN3O4S/c1-19(2)24(21,22)10-6-7-13(23-3)11(9-10)15(20)18-12-5-4-8-17-14(12)16/h4-9H,1-3H3,(H,18,20). The maximum Gasteiger partial charge on any atom is 0.259 e. The van der Waals surface area contributed by atoms with E-state index in [1.54, 1.807) is 12.1 Å². The average Bonchev–Trinajstić information content (AvgIpc) is 2.56. The highest BCUT2D eigenvalue weighted by molar-refractivity contribution is 7.89. The average molecular weight is 370 g/mol. The Labute approximate surface area is 145 Å². The van der Waals surface area contributed by atoms with E-state index in [4.69, 9.17) is 16.3 Å². The Bertz CT molecular complexity index is 869. The summed E-state index contributed by atoms with van der Waals surface area (Å²) in [6, 6.07) is 7.26. The number of rotatable bonds is 5. The third-order valence-electron chi connectivity index (χ3n) is 3.20. The molecule has 0 spiro atoms. The number of aromatic nitrogens is 1. The van der Waals surface area contributed by atoms with Gasteiger partial charge in [0.15, 0.2) is 5.15 Å². The van der Waals surface area contributed by atoms with Gasteiger partial charge >= 0.3 is 0 Å². The van der Waals surface area contributed by atoms with Gasteiger partial charge in [0.05, 0.1) is 23.3 Å². The van der Waals surface area contributed by atoms with Gasteiger partial charge in [0.1, 0.15) is 5.75 Å². The topological polar surface area (TPSA) is 88.6 Å². The monoisotopic (exact) mass is 369 g/mol. The molecule has 0 saturated carbocycles. The van der Waals surface area contributed by atoms with E-state index >= 15 is 0 Å². The molecule has 7 nitrogen and oxygen atoms in total. The number of anilines is 1. The molecule has 0 aliphatic rings. The smallest absolute Gasteiger partial charge is 0.259 e. The molecule has 0 fully saturated rings. The number of benzene rings is 1. The number of methoxy groups -OCH3 is 1. The van der Waals surface area contributed by atoms with Crippen LogP contribution in [0.25, 0.3) is 0 Å². The lowest BCUT2D eigenvalue weighted by atomic mass is 10.2. The number of carbonyl (C=O) groups is 1. The Morgan fingerprint density at radius 3 is 2.58 bits per heavy atom. The number of nitrogens with one attached hydrogen (secondary N) is 1. The third kappa shape index (κ3) is 3.66. The number of carbonyl (C=O) groups excluding carboxylic acids is 1. The maximum atomic E-state index is 12.5. The number of amides is 1. The van der Waals surface area contributed by atoms with Gasteiger partial charge in [-0.3, -0.25) is 4.79 Å². The molecule has 1 aromatic heterocycles. The summed E-state index contributed by atoms with van der Waals surface area (Å²) >= 11 is 5.92. The van der Waals surface area contributed by atoms with Gasteiger partial charge in [-0.1, -0.05) is 11.6 Å². The summed E-state index contributed by atoms with van der Waals surface area (Å²) in [6.45, 7) is 0. The van der Waals surface area contributed by atoms with Gasteiger partial charge in [-0.05, 0) is 30.3 Å². The van der Waals surface area contributed by atoms with Crippen LogP contribution >= 0.6 is 11.6 Å². The van der Waals surface area contributed by atoms with Gasteiger partial charge < -0.3 is 10.1 Å². The van der Waals surface area contributed by atoms with Crippen LogP contribution in [-0.2, 0) is 10.0 Å². The van der Waals surface area contributed by atoms with E-state index in [0.717, 1.165) is 4.31 Å². The highest BCUT2D eigenvalue weighted by Gasteiger charge is 2.22. The van der Waals surface area contributed by atoms with Crippen molar-refractivity contribution in [3.8, 4) is 5.75 Å². The molecule has 0 radical (unpaired) electrons. The van der Waals surface area contributed by atoms with Crippen LogP contribution in [0, 0.1) is 0 Å². The molecule has 0 unspecified atom stereocenters. The van der Waals surface area contributed by atoms with Gasteiger partial charge in [0, 0.05) is 20.3 Å². The molecule has 1 N–H and O–H groups in total. The van der Waals surface area contributed by atoms with Crippen LogP contribution in [-0.4, -0.2) is 44.8 Å². The minimum Gasteiger partial charge on any atom is -0.496 e. The zero-order valence-corrected chi connectivity index (χ0v) is 14.9. The van der Waals surface area contributed by atoms with E-state index < -0.39 is 15.9 Å². The first-order valence-electron chi connectivity index (χ1n) is 6.80. The Morgan fingerprint density at radius 2 is 2.00 bits per heavy atom. The summed E-state index contributed by atoms with van der Waals surface area (Å²) in [5, 5.41) is 2.71. The first-order valence-corrected chi connectivity index (χ1v) is 8.61. The molecule has 2 aromatic rings. The Morgan fingerprint density at radius 1 is 1.29 bits per heavy atom. The van der Waals surface area contributed by atoms with E-state index in [1.165, 1.54) is 45.6 Å². The fraction of sp³-hybridized carbons (Fsp3) is 0.200. The second kappa shape index (κ2) is 7.16. The van der Waals surface area contributed by atoms with Crippen LogP contribution in [0.5, 0.6) is 5.75 Å². The van der Waals surface area contributed by atoms with Crippen LogP contribution in [0.1, 0.15) is 10.4 Å². The quantitative estimate of drug-likeness (QED) is 0.816. The van der Waals surface area contributed by atoms with Crippen molar-refractivity contribution >= 4 is 33.2 Å². The van der Waals surface area contributed by atoms with Gasteiger partial charge in [-0.15, -0.1) is 0 Å². The molecular formula is C15H16ClN3O4S. The first kappa shape index (κ1) is 18.2. The summed E-state index contributed by atoms with van der Waals surface area (Å²) in [4.78, 5) is 16.4. The number of hydrogen-bond acceptors (Lipinski definition) is 5. The summed E-state index contributed by atoms with van der Waals surface area (Å²) in [5.41, 5.74) is 0.382. The Kier molecular flexibility index (Phi) is 5.43. The van der Waals surface area contributed by atoms with Crippen LogP contribution in [0.3, 0.4) is 0 Å². The molecular weight excluding hydrogens is 354 g/mol. The number of nitrogens with zero attached hydrogens (tertiary/aromatic N) is 2. The predicted octanol–water partition coefficient (Wildman–Crippen LogP) is 2.25. The molecule has 24 heavy (non-hydrogen) atoms. The minimum atomic E-state index is -3.68. The SMILES string of the molecule is COc1ccc(S(=O)(=O)N(C)C)cc1C(=O)Nc1cccnc1Cl. The van der Waals surface area contributed by atoms with Gasteiger partial charge in [-0.2, -0.15) is 0 Å². The van der Waals surface area contributed by atoms with Crippen LogP contribution in [0.4, 0.5) is 5.69 Å². The fourth-order valence-electron chi connectivity index (χ4n) is 1.90. The predicted molar refractivity (Wildman–Crippen MR) is 91.1 cm³/mol. The molecule has 2 rings (SSSR count). The van der Waals surface area contributed by atoms with E-state index in [0.29, 0.717) is 5.69 Å². The number of ether oxygens (including phenoxy) is 1. The van der Waals surface area contributed by atoms with Crippen molar-refractivity contribution in [2.75, 3.05) is 26.5 Å². The molecule has 128 valence electrons. The largest absolute Gasteiger partial charge is 0.496 e. The van der Waals surface area contributed by atoms with Crippen LogP contribution in [0.15, 0.2) is 41.4 Å². The fourth-order valence-corrected chi connectivity index (χ4v) is 3.00. The van der Waals surface area contributed by atoms with Crippen molar-refractivity contribution in [3.05, 3.63) is 47.2 Å². The second-order valence-electron chi connectivity index (χ2n) is 4.95. The van der Waals surface area contributed by atoms with E-state index in [1.807, 2.05) is 0 Å². The summed E-state index contributed by atoms with van der Waals surface area (Å²) in [6.07, 6.45) is 1.49. The molecule has 0 atom stereocenters. The van der Waals surface area contributed by atoms with E-state index in [-0.39, 0.29) is 21.4 Å². The van der Waals surface area contributed by atoms with Crippen molar-refractivity contribution in [1.82, 2.24) is 9.29 Å². The number of hydrogen-bond donors (Lipinski definition) is 1. The maximum absolute atomic E-state index is 12.5. The summed E-state index contributed by atoms with van der Waals surface area (Å²) in [5.74, 6) is -0.317. The lowest BCUT2D eigenvalue weighted by molar-refractivity contribution is 0.102. The van der Waals surface area contributed by atoms with Crippen molar-refractivity contribution in [2.45, 2.75) is 4.90 Å². The number of halogens is 1. The zero-order chi connectivity index (χ0) is 17.9. The normalized spacial score (nSPS) is 11.4. The van der Waals surface area contributed by atoms with Crippen LogP contribution < -0.4 is 10.1 Å². The molecule has 1 amide bonds. The summed E-state index contributed by atoms with van der Waals surface area (Å²) in [7, 11) is 0.535. The molecule has 1 aromatic carbocycles. The summed E-state index contributed by atoms with van der Waals surface area (Å²) < 4.78 is 30.7. The van der Waals surface area contributed by atoms with Gasteiger partial charge in [0.2, 0.25) is 10.0 Å². The van der Waals surface area contributed by atoms with Crippen molar-refractivity contribution in [3.63, 3.8) is 0 Å². The molecule has 0 aliphatic carbocycles. The second-order valence-corrected chi connectivity index (χ2v) is 7.46. The zero-order valence-electron chi connectivity index (χ0n) is 13.3. The van der Waals surface area contributed by atoms with Gasteiger partial charge in [0.25, 0.3) is 5.91 Å². The lowest BCUT2D eigenvalue weighted by Gasteiger charge is -2.14. The first-order chi connectivity index (χ1) is 11.3. The molecule has 0 saturated heterocycles. The highest BCUT2D eigenvalue weighted by Crippen LogP contribution is 2.26. The molecule has 9 heteroatoms. The Hall–Kier alpha value is -2.16. The minimum absolute atomic E-state index is 0.0178. The number of pyridine rings is 1.